The number of pyridine rings is 1. The van der Waals surface area contributed by atoms with Crippen LogP contribution >= 0.6 is 0 Å². The molecule has 0 radical (unpaired) electrons. The van der Waals surface area contributed by atoms with Crippen LogP contribution in [0.3, 0.4) is 0 Å². The normalized spacial score (nSPS) is 11.3. The Morgan fingerprint density at radius 2 is 1.84 bits per heavy atom. The zero-order valence-corrected chi connectivity index (χ0v) is 15.6. The van der Waals surface area contributed by atoms with Gasteiger partial charge in [-0.3, -0.25) is 9.98 Å². The second-order valence-corrected chi connectivity index (χ2v) is 6.05. The smallest absolute Gasteiger partial charge is 0.190 e. The number of guanidine groups is 1. The lowest BCUT2D eigenvalue weighted by molar-refractivity contribution is 0.409. The quantitative estimate of drug-likeness (QED) is 0.601. The molecule has 2 aromatic rings. The molecule has 1 heterocycles. The molecule has 134 valence electrons. The minimum absolute atomic E-state index is 0.797. The lowest BCUT2D eigenvalue weighted by Crippen LogP contribution is -2.39. The summed E-state index contributed by atoms with van der Waals surface area (Å²) in [5, 5.41) is 6.69. The molecule has 1 aromatic carbocycles. The third-order valence-corrected chi connectivity index (χ3v) is 4.03. The van der Waals surface area contributed by atoms with E-state index in [0.717, 1.165) is 43.3 Å². The van der Waals surface area contributed by atoms with Crippen LogP contribution in [0.2, 0.25) is 0 Å². The van der Waals surface area contributed by atoms with Crippen LogP contribution < -0.4 is 15.4 Å². The maximum absolute atomic E-state index is 5.43. The molecule has 0 aliphatic rings. The molecule has 25 heavy (non-hydrogen) atoms. The Bertz CT molecular complexity index is 695. The number of ether oxygens (including phenoxy) is 1. The Hall–Kier alpha value is -2.56. The molecular formula is C20H28N4O. The molecule has 0 aliphatic carbocycles. The van der Waals surface area contributed by atoms with Gasteiger partial charge in [0.1, 0.15) is 5.75 Å². The van der Waals surface area contributed by atoms with Crippen LogP contribution in [0.5, 0.6) is 5.75 Å². The van der Waals surface area contributed by atoms with Crippen LogP contribution in [-0.4, -0.2) is 38.2 Å². The summed E-state index contributed by atoms with van der Waals surface area (Å²) < 4.78 is 5.43. The fourth-order valence-electron chi connectivity index (χ4n) is 2.61. The van der Waals surface area contributed by atoms with Crippen molar-refractivity contribution in [1.82, 2.24) is 15.6 Å². The van der Waals surface area contributed by atoms with E-state index in [1.54, 1.807) is 14.2 Å². The average molecular weight is 340 g/mol. The molecule has 1 aromatic heterocycles. The number of benzene rings is 1. The molecule has 0 unspecified atom stereocenters. The molecule has 0 aliphatic heterocycles. The van der Waals surface area contributed by atoms with Crippen molar-refractivity contribution < 1.29 is 4.74 Å². The summed E-state index contributed by atoms with van der Waals surface area (Å²) in [6, 6.07) is 10.4. The molecule has 0 atom stereocenters. The van der Waals surface area contributed by atoms with Crippen molar-refractivity contribution in [2.24, 2.45) is 4.99 Å². The van der Waals surface area contributed by atoms with Gasteiger partial charge < -0.3 is 15.4 Å². The monoisotopic (exact) mass is 340 g/mol. The second-order valence-electron chi connectivity index (χ2n) is 6.05. The number of rotatable bonds is 7. The lowest BCUT2D eigenvalue weighted by atomic mass is 10.1. The van der Waals surface area contributed by atoms with Gasteiger partial charge in [0, 0.05) is 32.0 Å². The Labute approximate surface area is 150 Å². The number of methoxy groups -OCH3 is 1. The van der Waals surface area contributed by atoms with Crippen LogP contribution in [0.15, 0.2) is 41.5 Å². The van der Waals surface area contributed by atoms with Crippen molar-refractivity contribution in [3.8, 4) is 5.75 Å². The van der Waals surface area contributed by atoms with Crippen LogP contribution in [-0.2, 0) is 12.8 Å². The van der Waals surface area contributed by atoms with Gasteiger partial charge in [-0.05, 0) is 49.9 Å². The van der Waals surface area contributed by atoms with Gasteiger partial charge in [0.25, 0.3) is 0 Å². The second kappa shape index (κ2) is 9.67. The first-order valence-electron chi connectivity index (χ1n) is 8.62. The first-order valence-corrected chi connectivity index (χ1v) is 8.62. The summed E-state index contributed by atoms with van der Waals surface area (Å²) >= 11 is 0. The van der Waals surface area contributed by atoms with Gasteiger partial charge in [-0.2, -0.15) is 0 Å². The molecule has 2 N–H and O–H groups in total. The summed E-state index contributed by atoms with van der Waals surface area (Å²) in [5.41, 5.74) is 4.71. The molecular weight excluding hydrogens is 312 g/mol. The van der Waals surface area contributed by atoms with Gasteiger partial charge in [0.05, 0.1) is 7.11 Å². The topological polar surface area (TPSA) is 58.5 Å². The van der Waals surface area contributed by atoms with E-state index in [0.29, 0.717) is 0 Å². The molecule has 0 amide bonds. The van der Waals surface area contributed by atoms with Crippen molar-refractivity contribution in [1.29, 1.82) is 0 Å². The van der Waals surface area contributed by atoms with E-state index in [4.69, 9.17) is 4.74 Å². The predicted molar refractivity (Wildman–Crippen MR) is 103 cm³/mol. The first kappa shape index (κ1) is 18.8. The van der Waals surface area contributed by atoms with E-state index in [1.807, 2.05) is 25.3 Å². The first-order chi connectivity index (χ1) is 12.1. The van der Waals surface area contributed by atoms with E-state index in [1.165, 1.54) is 16.7 Å². The van der Waals surface area contributed by atoms with Gasteiger partial charge in [0.2, 0.25) is 0 Å². The van der Waals surface area contributed by atoms with E-state index in [-0.39, 0.29) is 0 Å². The minimum atomic E-state index is 0.797. The average Bonchev–Trinajstić information content (AvgIpc) is 2.62. The Balaban J connectivity index is 1.77. The number of aliphatic imine (C=N–C) groups is 1. The van der Waals surface area contributed by atoms with Crippen LogP contribution in [0, 0.1) is 13.8 Å². The number of hydrogen-bond acceptors (Lipinski definition) is 3. The molecule has 0 bridgehead atoms. The Kier molecular flexibility index (Phi) is 7.26. The number of aryl methyl sites for hydroxylation is 2. The summed E-state index contributed by atoms with van der Waals surface area (Å²) in [6.45, 7) is 5.71. The largest absolute Gasteiger partial charge is 0.496 e. The highest BCUT2D eigenvalue weighted by Crippen LogP contribution is 2.19. The lowest BCUT2D eigenvalue weighted by Gasteiger charge is -2.13. The molecule has 0 saturated heterocycles. The van der Waals surface area contributed by atoms with Crippen molar-refractivity contribution in [3.05, 3.63) is 58.9 Å². The highest BCUT2D eigenvalue weighted by atomic mass is 16.5. The number of nitrogens with one attached hydrogen (secondary N) is 2. The van der Waals surface area contributed by atoms with Gasteiger partial charge in [-0.25, -0.2) is 0 Å². The summed E-state index contributed by atoms with van der Waals surface area (Å²) in [4.78, 5) is 8.59. The van der Waals surface area contributed by atoms with E-state index in [2.05, 4.69) is 45.7 Å². The van der Waals surface area contributed by atoms with Crippen molar-refractivity contribution >= 4 is 5.96 Å². The van der Waals surface area contributed by atoms with Crippen molar-refractivity contribution in [2.45, 2.75) is 26.7 Å². The zero-order valence-electron chi connectivity index (χ0n) is 15.6. The summed E-state index contributed by atoms with van der Waals surface area (Å²) in [6.07, 6.45) is 3.73. The molecule has 5 heteroatoms. The summed E-state index contributed by atoms with van der Waals surface area (Å²) in [5.74, 6) is 1.74. The Morgan fingerprint density at radius 1 is 1.08 bits per heavy atom. The molecule has 2 rings (SSSR count). The molecule has 0 spiro atoms. The number of nitrogens with zero attached hydrogens (tertiary/aromatic N) is 2. The fourth-order valence-corrected chi connectivity index (χ4v) is 2.61. The fraction of sp³-hybridized carbons (Fsp3) is 0.400. The van der Waals surface area contributed by atoms with E-state index >= 15 is 0 Å². The number of hydrogen-bond donors (Lipinski definition) is 2. The number of aromatic nitrogens is 1. The zero-order chi connectivity index (χ0) is 18.1. The standard InChI is InChI=1S/C20H28N4O/c1-15-5-8-19(25-4)18(13-15)10-12-23-20(21-3)22-11-9-17-7-6-16(2)24-14-17/h5-8,13-14H,9-12H2,1-4H3,(H2,21,22,23). The minimum Gasteiger partial charge on any atom is -0.496 e. The SMILES string of the molecule is CN=C(NCCc1ccc(C)nc1)NCCc1cc(C)ccc1OC. The predicted octanol–water partition coefficient (Wildman–Crippen LogP) is 2.66. The van der Waals surface area contributed by atoms with E-state index in [9.17, 15) is 0 Å². The highest BCUT2D eigenvalue weighted by molar-refractivity contribution is 5.79. The van der Waals surface area contributed by atoms with Crippen molar-refractivity contribution in [2.75, 3.05) is 27.2 Å². The third kappa shape index (κ3) is 6.10. The van der Waals surface area contributed by atoms with Gasteiger partial charge >= 0.3 is 0 Å². The van der Waals surface area contributed by atoms with Crippen LogP contribution in [0.4, 0.5) is 0 Å². The van der Waals surface area contributed by atoms with Gasteiger partial charge in [0.15, 0.2) is 5.96 Å². The molecule has 0 saturated carbocycles. The van der Waals surface area contributed by atoms with Crippen LogP contribution in [0.1, 0.15) is 22.4 Å². The molecule has 0 fully saturated rings. The van der Waals surface area contributed by atoms with Crippen LogP contribution in [0.25, 0.3) is 0 Å². The maximum atomic E-state index is 5.43. The Morgan fingerprint density at radius 3 is 2.48 bits per heavy atom. The summed E-state index contributed by atoms with van der Waals surface area (Å²) in [7, 11) is 3.50. The van der Waals surface area contributed by atoms with Crippen molar-refractivity contribution in [3.63, 3.8) is 0 Å². The van der Waals surface area contributed by atoms with Gasteiger partial charge in [-0.15, -0.1) is 0 Å². The highest BCUT2D eigenvalue weighted by Gasteiger charge is 2.04. The maximum Gasteiger partial charge on any atom is 0.190 e. The third-order valence-electron chi connectivity index (χ3n) is 4.03. The van der Waals surface area contributed by atoms with Gasteiger partial charge in [-0.1, -0.05) is 23.8 Å². The molecule has 5 nitrogen and oxygen atoms in total. The van der Waals surface area contributed by atoms with E-state index < -0.39 is 0 Å².